The molecule has 1 amide bonds. The van der Waals surface area contributed by atoms with Crippen LogP contribution in [0.1, 0.15) is 20.8 Å². The van der Waals surface area contributed by atoms with Crippen LogP contribution in [0.2, 0.25) is 0 Å². The largest absolute Gasteiger partial charge is 0.444 e. The highest BCUT2D eigenvalue weighted by Crippen LogP contribution is 2.08. The van der Waals surface area contributed by atoms with Crippen molar-refractivity contribution in [1.82, 2.24) is 10.2 Å². The first-order valence-corrected chi connectivity index (χ1v) is 4.86. The molecule has 0 fully saturated rings. The van der Waals surface area contributed by atoms with Gasteiger partial charge in [0.2, 0.25) is 0 Å². The quantitative estimate of drug-likeness (QED) is 0.562. The lowest BCUT2D eigenvalue weighted by atomic mass is 10.2. The summed E-state index contributed by atoms with van der Waals surface area (Å²) in [7, 11) is 7.83. The Bertz CT molecular complexity index is 169. The first kappa shape index (κ1) is 16.7. The molecule has 0 aliphatic heterocycles. The molecule has 0 atom stereocenters. The van der Waals surface area contributed by atoms with Crippen LogP contribution in [0.4, 0.5) is 4.79 Å². The van der Waals surface area contributed by atoms with Crippen LogP contribution in [-0.2, 0) is 4.74 Å². The molecule has 1 N–H and O–H groups in total. The van der Waals surface area contributed by atoms with E-state index in [1.165, 1.54) is 0 Å². The maximum Gasteiger partial charge on any atom is 0.410 e. The van der Waals surface area contributed by atoms with Crippen molar-refractivity contribution in [3.05, 3.63) is 6.82 Å². The number of nitrogens with one attached hydrogen (secondary N) is 1. The van der Waals surface area contributed by atoms with Crippen LogP contribution in [-0.4, -0.2) is 51.6 Å². The second kappa shape index (κ2) is 8.59. The molecule has 5 heteroatoms. The lowest BCUT2D eigenvalue weighted by Crippen LogP contribution is -2.37. The maximum absolute atomic E-state index is 11.3. The minimum Gasteiger partial charge on any atom is -0.444 e. The van der Waals surface area contributed by atoms with E-state index >= 15 is 0 Å². The molecular formula is C10H22BN2O2-. The summed E-state index contributed by atoms with van der Waals surface area (Å²) >= 11 is 0. The van der Waals surface area contributed by atoms with Gasteiger partial charge in [-0.15, -0.1) is 0 Å². The van der Waals surface area contributed by atoms with Crippen LogP contribution >= 0.6 is 0 Å². The van der Waals surface area contributed by atoms with Crippen molar-refractivity contribution in [2.75, 3.05) is 27.2 Å². The third-order valence-electron chi connectivity index (χ3n) is 1.40. The van der Waals surface area contributed by atoms with Gasteiger partial charge >= 0.3 is 6.09 Å². The van der Waals surface area contributed by atoms with E-state index < -0.39 is 5.60 Å². The molecule has 0 saturated heterocycles. The molecule has 0 spiro atoms. The fourth-order valence-electron chi connectivity index (χ4n) is 0.711. The first-order chi connectivity index (χ1) is 6.87. The van der Waals surface area contributed by atoms with E-state index in [9.17, 15) is 4.79 Å². The molecular weight excluding hydrogens is 191 g/mol. The van der Waals surface area contributed by atoms with Gasteiger partial charge in [-0.2, -0.15) is 7.85 Å². The first-order valence-electron chi connectivity index (χ1n) is 4.86. The van der Waals surface area contributed by atoms with Gasteiger partial charge in [-0.3, -0.25) is 0 Å². The molecule has 4 nitrogen and oxygen atoms in total. The molecule has 0 heterocycles. The summed E-state index contributed by atoms with van der Waals surface area (Å²) < 4.78 is 5.16. The van der Waals surface area contributed by atoms with E-state index in [0.717, 1.165) is 6.54 Å². The van der Waals surface area contributed by atoms with Gasteiger partial charge in [0.25, 0.3) is 0 Å². The zero-order valence-electron chi connectivity index (χ0n) is 10.5. The molecule has 0 aromatic carbocycles. The molecule has 0 aromatic heterocycles. The Morgan fingerprint density at radius 3 is 2.27 bits per heavy atom. The molecule has 0 aromatic rings. The number of likely N-dealkylation sites (N-methyl/N-ethyl adjacent to an activating group) is 2. The van der Waals surface area contributed by atoms with Gasteiger partial charge in [0, 0.05) is 20.1 Å². The van der Waals surface area contributed by atoms with E-state index in [1.54, 1.807) is 11.9 Å². The van der Waals surface area contributed by atoms with Crippen molar-refractivity contribution >= 4 is 13.9 Å². The van der Waals surface area contributed by atoms with E-state index in [-0.39, 0.29) is 6.09 Å². The third kappa shape index (κ3) is 11.2. The number of hydrogen-bond donors (Lipinski definition) is 1. The van der Waals surface area contributed by atoms with E-state index in [2.05, 4.69) is 20.0 Å². The predicted molar refractivity (Wildman–Crippen MR) is 63.9 cm³/mol. The van der Waals surface area contributed by atoms with E-state index in [1.807, 2.05) is 27.8 Å². The molecule has 0 saturated carbocycles. The molecule has 0 bridgehead atoms. The van der Waals surface area contributed by atoms with Crippen LogP contribution in [0.15, 0.2) is 0 Å². The van der Waals surface area contributed by atoms with Gasteiger partial charge in [-0.25, -0.2) is 4.79 Å². The normalized spacial score (nSPS) is 10.0. The van der Waals surface area contributed by atoms with Crippen molar-refractivity contribution in [2.45, 2.75) is 26.4 Å². The summed E-state index contributed by atoms with van der Waals surface area (Å²) in [5.41, 5.74) is -0.412. The number of carbonyl (C=O) groups excluding carboxylic acids is 1. The average molecular weight is 213 g/mol. The smallest absolute Gasteiger partial charge is 0.410 e. The lowest BCUT2D eigenvalue weighted by Gasteiger charge is -2.24. The molecule has 0 unspecified atom stereocenters. The monoisotopic (exact) mass is 213 g/mol. The standard InChI is InChI=1S/C9H20N2O2.CH2B/c1-9(2,3)13-8(12)11(5)7-6-10-4;1-2/h10H,6-7H2,1-5H3;1H2/q;-1. The molecule has 88 valence electrons. The maximum atomic E-state index is 11.3. The van der Waals surface area contributed by atoms with Crippen LogP contribution < -0.4 is 5.32 Å². The summed E-state index contributed by atoms with van der Waals surface area (Å²) in [5.74, 6) is 0. The summed E-state index contributed by atoms with van der Waals surface area (Å²) in [4.78, 5) is 12.9. The Morgan fingerprint density at radius 2 is 1.93 bits per heavy atom. The number of amides is 1. The van der Waals surface area contributed by atoms with Crippen LogP contribution in [0.25, 0.3) is 0 Å². The van der Waals surface area contributed by atoms with Crippen LogP contribution in [0, 0.1) is 6.82 Å². The Hall–Kier alpha value is -0.705. The van der Waals surface area contributed by atoms with Gasteiger partial charge in [0.1, 0.15) is 5.60 Å². The summed E-state index contributed by atoms with van der Waals surface area (Å²) in [6, 6.07) is 0. The van der Waals surface area contributed by atoms with Crippen LogP contribution in [0.3, 0.4) is 0 Å². The van der Waals surface area contributed by atoms with E-state index in [4.69, 9.17) is 4.74 Å². The number of rotatable bonds is 3. The van der Waals surface area contributed by atoms with Crippen LogP contribution in [0.5, 0.6) is 0 Å². The topological polar surface area (TPSA) is 41.6 Å². The fraction of sp³-hybridized carbons (Fsp3) is 0.800. The Balaban J connectivity index is 0. The number of ether oxygens (including phenoxy) is 1. The molecule has 0 aliphatic carbocycles. The molecule has 0 aliphatic rings. The van der Waals surface area contributed by atoms with Crippen molar-refractivity contribution in [2.24, 2.45) is 0 Å². The lowest BCUT2D eigenvalue weighted by molar-refractivity contribution is 0.0301. The minimum absolute atomic E-state index is 0.275. The zero-order valence-corrected chi connectivity index (χ0v) is 10.5. The van der Waals surface area contributed by atoms with Gasteiger partial charge in [0.05, 0.1) is 0 Å². The highest BCUT2D eigenvalue weighted by atomic mass is 16.6. The van der Waals surface area contributed by atoms with E-state index in [0.29, 0.717) is 6.54 Å². The van der Waals surface area contributed by atoms with Crippen molar-refractivity contribution in [3.8, 4) is 0 Å². The highest BCUT2D eigenvalue weighted by molar-refractivity contribution is 6.10. The zero-order chi connectivity index (χ0) is 12.5. The summed E-state index contributed by atoms with van der Waals surface area (Å²) in [6.07, 6.45) is -0.275. The Labute approximate surface area is 94.8 Å². The SMILES string of the molecule is CNCCN(C)C(=O)OC(C)(C)C.[B][CH2-]. The molecule has 2 radical (unpaired) electrons. The van der Waals surface area contributed by atoms with Gasteiger partial charge in [-0.05, 0) is 27.8 Å². The van der Waals surface area contributed by atoms with Gasteiger partial charge in [-0.1, -0.05) is 0 Å². The van der Waals surface area contributed by atoms with Crippen molar-refractivity contribution < 1.29 is 9.53 Å². The molecule has 0 rings (SSSR count). The number of hydrogen-bond acceptors (Lipinski definition) is 3. The minimum atomic E-state index is -0.412. The third-order valence-corrected chi connectivity index (χ3v) is 1.40. The van der Waals surface area contributed by atoms with Gasteiger partial charge in [0.15, 0.2) is 0 Å². The Morgan fingerprint density at radius 1 is 1.47 bits per heavy atom. The second-order valence-electron chi connectivity index (χ2n) is 4.01. The fourth-order valence-corrected chi connectivity index (χ4v) is 0.711. The average Bonchev–Trinajstić information content (AvgIpc) is 2.14. The van der Waals surface area contributed by atoms with Crippen molar-refractivity contribution in [1.29, 1.82) is 0 Å². The predicted octanol–water partition coefficient (Wildman–Crippen LogP) is 1.02. The Kier molecular flexibility index (Phi) is 9.57. The summed E-state index contributed by atoms with van der Waals surface area (Å²) in [6.45, 7) is 9.76. The second-order valence-corrected chi connectivity index (χ2v) is 4.01. The van der Waals surface area contributed by atoms with Gasteiger partial charge < -0.3 is 21.8 Å². The van der Waals surface area contributed by atoms with Crippen molar-refractivity contribution in [3.63, 3.8) is 0 Å². The highest BCUT2D eigenvalue weighted by Gasteiger charge is 2.18. The number of carbonyl (C=O) groups is 1. The molecule has 15 heavy (non-hydrogen) atoms. The summed E-state index contributed by atoms with van der Waals surface area (Å²) in [5, 5.41) is 2.97. The number of nitrogens with zero attached hydrogens (tertiary/aromatic N) is 1.